The lowest BCUT2D eigenvalue weighted by molar-refractivity contribution is -0.193. The molecule has 0 spiro atoms. The van der Waals surface area contributed by atoms with Crippen LogP contribution in [-0.4, -0.2) is 31.4 Å². The lowest BCUT2D eigenvalue weighted by Crippen LogP contribution is -2.20. The van der Waals surface area contributed by atoms with Crippen molar-refractivity contribution in [2.45, 2.75) is 20.1 Å². The van der Waals surface area contributed by atoms with E-state index in [0.717, 1.165) is 0 Å². The summed E-state index contributed by atoms with van der Waals surface area (Å²) in [6, 6.07) is 0. The van der Waals surface area contributed by atoms with E-state index in [1.54, 1.807) is 6.92 Å². The zero-order chi connectivity index (χ0) is 9.40. The zero-order valence-corrected chi connectivity index (χ0v) is 8.17. The number of hydrogen-bond acceptors (Lipinski definition) is 5. The Morgan fingerprint density at radius 1 is 1.58 bits per heavy atom. The van der Waals surface area contributed by atoms with Crippen molar-refractivity contribution < 1.29 is 19.0 Å². The molecule has 0 aromatic carbocycles. The average molecular weight is 194 g/mol. The lowest BCUT2D eigenvalue weighted by Gasteiger charge is -2.12. The van der Waals surface area contributed by atoms with Gasteiger partial charge in [-0.3, -0.25) is 4.79 Å². The van der Waals surface area contributed by atoms with Crippen LogP contribution in [0, 0.1) is 0 Å². The molecule has 0 N–H and O–H groups in total. The summed E-state index contributed by atoms with van der Waals surface area (Å²) in [6.45, 7) is 4.19. The summed E-state index contributed by atoms with van der Waals surface area (Å²) >= 11 is 3.74. The minimum Gasteiger partial charge on any atom is -0.435 e. The van der Waals surface area contributed by atoms with E-state index in [4.69, 9.17) is 14.2 Å². The summed E-state index contributed by atoms with van der Waals surface area (Å²) in [7, 11) is 0. The van der Waals surface area contributed by atoms with Gasteiger partial charge in [-0.05, 0) is 13.8 Å². The number of carbonyl (C=O) groups excluding carboxylic acids is 1. The molecule has 0 saturated heterocycles. The van der Waals surface area contributed by atoms with Gasteiger partial charge in [-0.15, -0.1) is 0 Å². The van der Waals surface area contributed by atoms with Crippen molar-refractivity contribution in [1.82, 2.24) is 0 Å². The van der Waals surface area contributed by atoms with Gasteiger partial charge in [-0.2, -0.15) is 12.6 Å². The maximum Gasteiger partial charge on any atom is 0.317 e. The van der Waals surface area contributed by atoms with Crippen LogP contribution in [0.15, 0.2) is 0 Å². The fraction of sp³-hybridized carbons (Fsp3) is 0.857. The third-order valence-electron chi connectivity index (χ3n) is 1.02. The first-order chi connectivity index (χ1) is 5.70. The highest BCUT2D eigenvalue weighted by Crippen LogP contribution is 1.95. The van der Waals surface area contributed by atoms with Gasteiger partial charge in [0.2, 0.25) is 6.29 Å². The summed E-state index contributed by atoms with van der Waals surface area (Å²) in [6.07, 6.45) is -0.573. The molecule has 0 bridgehead atoms. The molecule has 0 aliphatic rings. The molecule has 0 aromatic heterocycles. The predicted molar refractivity (Wildman–Crippen MR) is 47.0 cm³/mol. The molecule has 1 atom stereocenters. The second-order valence-corrected chi connectivity index (χ2v) is 2.31. The van der Waals surface area contributed by atoms with E-state index >= 15 is 0 Å². The van der Waals surface area contributed by atoms with Gasteiger partial charge in [0.1, 0.15) is 0 Å². The molecule has 0 saturated carbocycles. The molecule has 0 aliphatic heterocycles. The van der Waals surface area contributed by atoms with Crippen LogP contribution in [0.3, 0.4) is 0 Å². The summed E-state index contributed by atoms with van der Waals surface area (Å²) in [4.78, 5) is 10.6. The topological polar surface area (TPSA) is 44.8 Å². The first-order valence-corrected chi connectivity index (χ1v) is 4.33. The Bertz CT molecular complexity index is 129. The van der Waals surface area contributed by atoms with Crippen molar-refractivity contribution in [2.24, 2.45) is 0 Å². The summed E-state index contributed by atoms with van der Waals surface area (Å²) in [5.74, 6) is -0.343. The maximum atomic E-state index is 10.6. The molecule has 5 heteroatoms. The minimum absolute atomic E-state index is 0.0579. The Kier molecular flexibility index (Phi) is 7.23. The highest BCUT2D eigenvalue weighted by molar-refractivity contribution is 7.81. The molecule has 4 nitrogen and oxygen atoms in total. The van der Waals surface area contributed by atoms with Gasteiger partial charge in [-0.1, -0.05) is 0 Å². The normalized spacial score (nSPS) is 12.6. The van der Waals surface area contributed by atoms with Crippen molar-refractivity contribution in [3.8, 4) is 0 Å². The van der Waals surface area contributed by atoms with Crippen LogP contribution in [-0.2, 0) is 19.0 Å². The van der Waals surface area contributed by atoms with Crippen LogP contribution < -0.4 is 0 Å². The van der Waals surface area contributed by atoms with E-state index < -0.39 is 12.3 Å². The van der Waals surface area contributed by atoms with Crippen LogP contribution >= 0.6 is 12.6 Å². The van der Waals surface area contributed by atoms with Gasteiger partial charge in [0.15, 0.2) is 6.79 Å². The van der Waals surface area contributed by atoms with E-state index in [0.29, 0.717) is 6.61 Å². The highest BCUT2D eigenvalue weighted by Gasteiger charge is 2.06. The summed E-state index contributed by atoms with van der Waals surface area (Å²) in [5.41, 5.74) is 0. The highest BCUT2D eigenvalue weighted by atomic mass is 32.1. The quantitative estimate of drug-likeness (QED) is 0.294. The molecular weight excluding hydrogens is 180 g/mol. The van der Waals surface area contributed by atoms with E-state index in [1.165, 1.54) is 0 Å². The van der Waals surface area contributed by atoms with Crippen molar-refractivity contribution >= 4 is 18.6 Å². The van der Waals surface area contributed by atoms with Crippen LogP contribution in [0.5, 0.6) is 0 Å². The molecular formula is C7H14O4S. The molecule has 0 rings (SSSR count). The van der Waals surface area contributed by atoms with Crippen molar-refractivity contribution in [3.05, 3.63) is 0 Å². The lowest BCUT2D eigenvalue weighted by atomic mass is 10.7. The third-order valence-corrected chi connectivity index (χ3v) is 1.27. The fourth-order valence-electron chi connectivity index (χ4n) is 0.484. The van der Waals surface area contributed by atoms with E-state index in [2.05, 4.69) is 12.6 Å². The molecule has 0 fully saturated rings. The molecule has 12 heavy (non-hydrogen) atoms. The second kappa shape index (κ2) is 7.39. The van der Waals surface area contributed by atoms with Crippen molar-refractivity contribution in [1.29, 1.82) is 0 Å². The molecule has 72 valence electrons. The smallest absolute Gasteiger partial charge is 0.317 e. The summed E-state index contributed by atoms with van der Waals surface area (Å²) in [5, 5.41) is 0. The number of carbonyl (C=O) groups is 1. The van der Waals surface area contributed by atoms with Crippen LogP contribution in [0.4, 0.5) is 0 Å². The minimum atomic E-state index is -0.573. The van der Waals surface area contributed by atoms with E-state index in [9.17, 15) is 4.79 Å². The van der Waals surface area contributed by atoms with Gasteiger partial charge >= 0.3 is 5.97 Å². The zero-order valence-electron chi connectivity index (χ0n) is 7.28. The van der Waals surface area contributed by atoms with Gasteiger partial charge in [0, 0.05) is 6.61 Å². The summed E-state index contributed by atoms with van der Waals surface area (Å²) < 4.78 is 14.6. The average Bonchev–Trinajstić information content (AvgIpc) is 2.05. The molecule has 1 unspecified atom stereocenters. The Hall–Kier alpha value is -0.260. The maximum absolute atomic E-state index is 10.6. The Balaban J connectivity index is 3.32. The molecule has 0 aliphatic carbocycles. The third kappa shape index (κ3) is 6.45. The molecule has 0 radical (unpaired) electrons. The predicted octanol–water partition coefficient (Wildman–Crippen LogP) is 0.816. The van der Waals surface area contributed by atoms with Crippen molar-refractivity contribution in [2.75, 3.05) is 19.2 Å². The van der Waals surface area contributed by atoms with Gasteiger partial charge in [0.05, 0.1) is 5.75 Å². The molecule has 0 aromatic rings. The molecule has 0 heterocycles. The first kappa shape index (κ1) is 11.7. The Morgan fingerprint density at radius 2 is 2.25 bits per heavy atom. The second-order valence-electron chi connectivity index (χ2n) is 1.99. The number of ether oxygens (including phenoxy) is 3. The van der Waals surface area contributed by atoms with E-state index in [1.807, 2.05) is 6.92 Å². The van der Waals surface area contributed by atoms with Gasteiger partial charge < -0.3 is 14.2 Å². The van der Waals surface area contributed by atoms with Gasteiger partial charge in [0.25, 0.3) is 0 Å². The monoisotopic (exact) mass is 194 g/mol. The fourth-order valence-corrected chi connectivity index (χ4v) is 0.558. The Morgan fingerprint density at radius 3 is 2.75 bits per heavy atom. The van der Waals surface area contributed by atoms with Gasteiger partial charge in [-0.25, -0.2) is 0 Å². The first-order valence-electron chi connectivity index (χ1n) is 3.70. The standard InChI is InChI=1S/C7H14O4S/c1-3-9-5-10-6(2)11-7(8)4-12/h6,12H,3-5H2,1-2H3. The number of hydrogen-bond donors (Lipinski definition) is 1. The van der Waals surface area contributed by atoms with Crippen molar-refractivity contribution in [3.63, 3.8) is 0 Å². The number of esters is 1. The van der Waals surface area contributed by atoms with E-state index in [-0.39, 0.29) is 12.5 Å². The molecule has 0 amide bonds. The number of thiol groups is 1. The van der Waals surface area contributed by atoms with Crippen LogP contribution in [0.2, 0.25) is 0 Å². The van der Waals surface area contributed by atoms with Crippen LogP contribution in [0.1, 0.15) is 13.8 Å². The number of rotatable bonds is 6. The SMILES string of the molecule is CCOCOC(C)OC(=O)CS. The Labute approximate surface area is 77.6 Å². The largest absolute Gasteiger partial charge is 0.435 e. The van der Waals surface area contributed by atoms with Crippen LogP contribution in [0.25, 0.3) is 0 Å².